The number of amides is 4. The minimum Gasteiger partial charge on any atom is -0.447 e. The van der Waals surface area contributed by atoms with Gasteiger partial charge in [0.2, 0.25) is 5.91 Å². The van der Waals surface area contributed by atoms with Crippen LogP contribution >= 0.6 is 38.1 Å². The Bertz CT molecular complexity index is 2540. The van der Waals surface area contributed by atoms with Crippen LogP contribution in [0.25, 0.3) is 22.3 Å². The van der Waals surface area contributed by atoms with E-state index >= 15 is 8.78 Å². The van der Waals surface area contributed by atoms with Gasteiger partial charge in [-0.1, -0.05) is 24.5 Å². The Balaban J connectivity index is 0.915. The van der Waals surface area contributed by atoms with Crippen LogP contribution in [-0.2, 0) is 55.8 Å². The predicted octanol–water partition coefficient (Wildman–Crippen LogP) is 1.93. The molecule has 0 unspecified atom stereocenters. The SMILES string of the molecule is CN(CCOC(=O)Nc1ncnc2c1ncn2[C@@H]1O[C@@H]2CO[P@@](=O)(S)O[C@H]3[C@@H](F)[C@H](n4cnc5c(N)ncnc54)O[C@@H]3CO[P@@](=O)(S)O[C@H]2[C@H]1F)C(=O)CCN1C(=O)C=CC1=O. The van der Waals surface area contributed by atoms with Gasteiger partial charge in [0.15, 0.2) is 53.2 Å². The Hall–Kier alpha value is -4.70. The number of nitrogens with two attached hydrogens (primary N) is 1. The van der Waals surface area contributed by atoms with E-state index in [0.29, 0.717) is 0 Å². The van der Waals surface area contributed by atoms with Crippen molar-refractivity contribution in [3.63, 3.8) is 0 Å². The van der Waals surface area contributed by atoms with Crippen LogP contribution in [0.5, 0.6) is 0 Å². The first-order valence-electron chi connectivity index (χ1n) is 18.2. The first kappa shape index (κ1) is 43.9. The van der Waals surface area contributed by atoms with Crippen molar-refractivity contribution in [3.05, 3.63) is 37.5 Å². The molecule has 8 rings (SSSR count). The number of carbonyl (C=O) groups excluding carboxylic acids is 4. The summed E-state index contributed by atoms with van der Waals surface area (Å²) in [5.41, 5.74) is 6.02. The quantitative estimate of drug-likeness (QED) is 0.106. The maximum absolute atomic E-state index is 16.5. The Labute approximate surface area is 357 Å². The lowest BCUT2D eigenvalue weighted by Crippen LogP contribution is -2.36. The fraction of sp³-hybridized carbons (Fsp3) is 0.484. The summed E-state index contributed by atoms with van der Waals surface area (Å²) >= 11 is 8.04. The number of halogens is 2. The number of imidazole rings is 2. The van der Waals surface area contributed by atoms with Crippen molar-refractivity contribution in [2.24, 2.45) is 0 Å². The molecule has 8 heterocycles. The predicted molar refractivity (Wildman–Crippen MR) is 211 cm³/mol. The number of aromatic nitrogens is 8. The van der Waals surface area contributed by atoms with E-state index in [1.165, 1.54) is 22.8 Å². The lowest BCUT2D eigenvalue weighted by molar-refractivity contribution is -0.138. The molecule has 0 radical (unpaired) electrons. The van der Waals surface area contributed by atoms with E-state index in [1.54, 1.807) is 0 Å². The van der Waals surface area contributed by atoms with Crippen molar-refractivity contribution in [2.75, 3.05) is 51.0 Å². The number of likely N-dealkylation sites (N-methyl/N-ethyl adjacent to an activating group) is 1. The first-order chi connectivity index (χ1) is 29.5. The average molecular weight is 947 g/mol. The van der Waals surface area contributed by atoms with E-state index in [9.17, 15) is 28.3 Å². The second-order valence-electron chi connectivity index (χ2n) is 13.8. The van der Waals surface area contributed by atoms with E-state index in [-0.39, 0.29) is 60.1 Å². The number of fused-ring (bicyclic) bond motifs is 4. The van der Waals surface area contributed by atoms with Crippen LogP contribution in [-0.4, -0.2) is 149 Å². The number of anilines is 2. The van der Waals surface area contributed by atoms with Gasteiger partial charge < -0.3 is 24.8 Å². The maximum atomic E-state index is 16.5. The molecular weight excluding hydrogens is 912 g/mol. The Morgan fingerprint density at radius 2 is 1.40 bits per heavy atom. The van der Waals surface area contributed by atoms with E-state index in [4.69, 9.17) is 38.0 Å². The largest absolute Gasteiger partial charge is 0.447 e. The molecule has 4 aliphatic heterocycles. The molecule has 4 amide bonds. The number of nitrogen functional groups attached to an aromatic ring is 1. The monoisotopic (exact) mass is 946 g/mol. The molecule has 0 aromatic carbocycles. The minimum absolute atomic E-state index is 0.0174. The highest BCUT2D eigenvalue weighted by Crippen LogP contribution is 2.60. The van der Waals surface area contributed by atoms with Gasteiger partial charge in [0.05, 0.1) is 32.4 Å². The van der Waals surface area contributed by atoms with E-state index in [1.807, 2.05) is 0 Å². The standard InChI is InChI=1S/C31H34F2N12O13P2S2/c1-42(16(46)4-5-43-17(47)2-3-18(43)48)6-7-52-31(49)41-26-22-28(38-11-36-26)45(13-40-22)30-20(33)24-15(56-30)9-54-59(50,61)57-23-14(8-53-60(51,62)58-24)55-29(19(23)32)44-12-39-21-25(34)35-10-37-27(21)44/h2-3,10-15,19-20,23-24,29-30H,4-9H2,1H3,(H,50,61)(H,51,62)(H2,34,35,37)(H,36,38,41,49)/t14-,15-,19-,20-,23-,24-,29-,30-,59-,60-/m1/s1. The molecule has 0 aliphatic carbocycles. The van der Waals surface area contributed by atoms with Gasteiger partial charge in [0.1, 0.15) is 49.2 Å². The van der Waals surface area contributed by atoms with Crippen molar-refractivity contribution in [1.82, 2.24) is 48.8 Å². The summed E-state index contributed by atoms with van der Waals surface area (Å²) in [6, 6.07) is 0. The molecule has 3 fully saturated rings. The Kier molecular flexibility index (Phi) is 12.4. The number of thiol groups is 2. The van der Waals surface area contributed by atoms with Crippen molar-refractivity contribution >= 4 is 95.9 Å². The van der Waals surface area contributed by atoms with Crippen molar-refractivity contribution in [3.8, 4) is 0 Å². The third kappa shape index (κ3) is 8.91. The van der Waals surface area contributed by atoms with Gasteiger partial charge in [0.25, 0.3) is 11.8 Å². The summed E-state index contributed by atoms with van der Waals surface area (Å²) in [7, 11) is 1.45. The van der Waals surface area contributed by atoms with Crippen LogP contribution in [0.3, 0.4) is 0 Å². The average Bonchev–Trinajstić information content (AvgIpc) is 4.04. The van der Waals surface area contributed by atoms with Crippen LogP contribution in [0.4, 0.5) is 25.2 Å². The number of nitrogens with zero attached hydrogens (tertiary/aromatic N) is 10. The summed E-state index contributed by atoms with van der Waals surface area (Å²) in [6.07, 6.45) is -8.21. The van der Waals surface area contributed by atoms with Crippen LogP contribution in [0, 0.1) is 0 Å². The minimum atomic E-state index is -4.53. The lowest BCUT2D eigenvalue weighted by Gasteiger charge is -2.28. The molecule has 0 spiro atoms. The molecule has 3 saturated heterocycles. The lowest BCUT2D eigenvalue weighted by atomic mass is 10.1. The molecule has 10 atom stereocenters. The highest BCUT2D eigenvalue weighted by molar-refractivity contribution is 8.44. The van der Waals surface area contributed by atoms with Crippen LogP contribution in [0.2, 0.25) is 0 Å². The fourth-order valence-electron chi connectivity index (χ4n) is 6.83. The van der Waals surface area contributed by atoms with Crippen molar-refractivity contribution < 1.29 is 69.4 Å². The van der Waals surface area contributed by atoms with Crippen LogP contribution in [0.15, 0.2) is 37.5 Å². The van der Waals surface area contributed by atoms with Crippen molar-refractivity contribution in [2.45, 2.75) is 55.6 Å². The molecule has 4 aromatic rings. The zero-order valence-electron chi connectivity index (χ0n) is 31.7. The summed E-state index contributed by atoms with van der Waals surface area (Å²) < 4.78 is 101. The van der Waals surface area contributed by atoms with Crippen LogP contribution < -0.4 is 11.1 Å². The molecular formula is C31H34F2N12O13P2S2. The second-order valence-corrected chi connectivity index (χ2v) is 19.6. The van der Waals surface area contributed by atoms with Gasteiger partial charge in [-0.05, 0) is 0 Å². The molecule has 0 saturated carbocycles. The normalized spacial score (nSPS) is 31.5. The van der Waals surface area contributed by atoms with Gasteiger partial charge in [-0.25, -0.2) is 52.6 Å². The number of hydrogen-bond acceptors (Lipinski definition) is 20. The smallest absolute Gasteiger partial charge is 0.412 e. The van der Waals surface area contributed by atoms with Gasteiger partial charge in [-0.3, -0.25) is 51.8 Å². The number of alkyl halides is 2. The molecule has 4 aromatic heterocycles. The summed E-state index contributed by atoms with van der Waals surface area (Å²) in [5.74, 6) is -1.58. The molecule has 0 bridgehead atoms. The van der Waals surface area contributed by atoms with Crippen molar-refractivity contribution in [1.29, 1.82) is 0 Å². The Morgan fingerprint density at radius 1 is 0.871 bits per heavy atom. The number of imide groups is 1. The van der Waals surface area contributed by atoms with Gasteiger partial charge in [-0.15, -0.1) is 0 Å². The third-order valence-electron chi connectivity index (χ3n) is 9.90. The number of ether oxygens (including phenoxy) is 3. The van der Waals surface area contributed by atoms with E-state index in [0.717, 1.165) is 40.6 Å². The second kappa shape index (κ2) is 17.5. The highest BCUT2D eigenvalue weighted by atomic mass is 32.7. The zero-order valence-corrected chi connectivity index (χ0v) is 35.3. The Morgan fingerprint density at radius 3 is 1.98 bits per heavy atom. The number of nitrogens with one attached hydrogen (secondary N) is 1. The maximum Gasteiger partial charge on any atom is 0.412 e. The molecule has 25 nitrogen and oxygen atoms in total. The van der Waals surface area contributed by atoms with E-state index in [2.05, 4.69) is 59.7 Å². The highest BCUT2D eigenvalue weighted by Gasteiger charge is 2.54. The molecule has 332 valence electrons. The zero-order chi connectivity index (χ0) is 44.1. The number of rotatable bonds is 9. The number of carbonyl (C=O) groups is 4. The number of hydrogen-bond donors (Lipinski definition) is 4. The summed E-state index contributed by atoms with van der Waals surface area (Å²) in [6.45, 7) is -10.9. The van der Waals surface area contributed by atoms with Gasteiger partial charge >= 0.3 is 19.7 Å². The first-order valence-corrected chi connectivity index (χ1v) is 23.6. The van der Waals surface area contributed by atoms with Crippen LogP contribution in [0.1, 0.15) is 18.9 Å². The van der Waals surface area contributed by atoms with Gasteiger partial charge in [-0.2, -0.15) is 0 Å². The molecule has 62 heavy (non-hydrogen) atoms. The topological polar surface area (TPSA) is 299 Å². The summed E-state index contributed by atoms with van der Waals surface area (Å²) in [4.78, 5) is 75.2. The molecule has 31 heteroatoms. The fourth-order valence-corrected chi connectivity index (χ4v) is 9.79. The summed E-state index contributed by atoms with van der Waals surface area (Å²) in [5, 5.41) is 2.40. The van der Waals surface area contributed by atoms with Gasteiger partial charge in [0, 0.05) is 32.2 Å². The molecule has 3 N–H and O–H groups in total. The van der Waals surface area contributed by atoms with E-state index < -0.39 is 99.8 Å². The third-order valence-corrected chi connectivity index (χ3v) is 13.1. The molecule has 4 aliphatic rings.